The van der Waals surface area contributed by atoms with E-state index in [1.165, 1.54) is 0 Å². The lowest BCUT2D eigenvalue weighted by atomic mass is 10.1. The molecular weight excluding hydrogens is 379 g/mol. The van der Waals surface area contributed by atoms with Gasteiger partial charge in [0.15, 0.2) is 0 Å². The van der Waals surface area contributed by atoms with E-state index in [2.05, 4.69) is 10.1 Å². The highest BCUT2D eigenvalue weighted by Gasteiger charge is 2.36. The Hall–Kier alpha value is -3.55. The zero-order valence-electron chi connectivity index (χ0n) is 15.6. The Morgan fingerprint density at radius 1 is 1.03 bits per heavy atom. The first-order valence-corrected chi connectivity index (χ1v) is 8.91. The quantitative estimate of drug-likeness (QED) is 0.508. The van der Waals surface area contributed by atoms with E-state index in [-0.39, 0.29) is 0 Å². The van der Waals surface area contributed by atoms with Crippen molar-refractivity contribution in [1.29, 1.82) is 0 Å². The van der Waals surface area contributed by atoms with Crippen molar-refractivity contribution in [2.75, 3.05) is 5.73 Å². The zero-order chi connectivity index (χ0) is 20.6. The van der Waals surface area contributed by atoms with E-state index in [1.54, 1.807) is 6.20 Å². The summed E-state index contributed by atoms with van der Waals surface area (Å²) < 4.78 is 41.9. The van der Waals surface area contributed by atoms with Crippen LogP contribution >= 0.6 is 0 Å². The van der Waals surface area contributed by atoms with E-state index in [0.717, 1.165) is 33.3 Å². The summed E-state index contributed by atoms with van der Waals surface area (Å²) in [5, 5.41) is 3.63. The summed E-state index contributed by atoms with van der Waals surface area (Å²) >= 11 is 0. The molecule has 4 rings (SSSR count). The molecule has 0 saturated carbocycles. The molecule has 2 aromatic heterocycles. The van der Waals surface area contributed by atoms with Gasteiger partial charge in [-0.05, 0) is 29.7 Å². The molecule has 0 aliphatic carbocycles. The van der Waals surface area contributed by atoms with Crippen LogP contribution in [-0.2, 0) is 12.7 Å². The second kappa shape index (κ2) is 7.12. The van der Waals surface area contributed by atoms with Gasteiger partial charge in [0.05, 0.1) is 5.69 Å². The molecule has 2 N–H and O–H groups in total. The first-order chi connectivity index (χ1) is 13.8. The number of anilines is 1. The molecule has 0 bridgehead atoms. The lowest BCUT2D eigenvalue weighted by molar-refractivity contribution is -0.144. The average molecular weight is 397 g/mol. The van der Waals surface area contributed by atoms with Crippen molar-refractivity contribution >= 4 is 5.69 Å². The molecule has 5 nitrogen and oxygen atoms in total. The van der Waals surface area contributed by atoms with Gasteiger partial charge in [-0.2, -0.15) is 13.2 Å². The van der Waals surface area contributed by atoms with Crippen LogP contribution in [0.1, 0.15) is 17.0 Å². The van der Waals surface area contributed by atoms with Crippen LogP contribution in [0.3, 0.4) is 0 Å². The van der Waals surface area contributed by atoms with E-state index in [0.29, 0.717) is 17.9 Å². The molecule has 0 fully saturated rings. The van der Waals surface area contributed by atoms with Gasteiger partial charge in [0, 0.05) is 30.2 Å². The number of nitrogens with zero attached hydrogens (tertiary/aromatic N) is 4. The summed E-state index contributed by atoms with van der Waals surface area (Å²) in [5.74, 6) is -1.17. The minimum Gasteiger partial charge on any atom is -0.399 e. The first-order valence-electron chi connectivity index (χ1n) is 8.91. The molecule has 2 aromatic carbocycles. The molecular formula is C21H18F3N5. The zero-order valence-corrected chi connectivity index (χ0v) is 15.6. The second-order valence-electron chi connectivity index (χ2n) is 6.80. The van der Waals surface area contributed by atoms with Gasteiger partial charge >= 0.3 is 6.18 Å². The van der Waals surface area contributed by atoms with Crippen LogP contribution in [0.2, 0.25) is 0 Å². The number of benzene rings is 2. The predicted molar refractivity (Wildman–Crippen MR) is 104 cm³/mol. The average Bonchev–Trinajstić information content (AvgIpc) is 3.32. The van der Waals surface area contributed by atoms with Crippen molar-refractivity contribution in [1.82, 2.24) is 19.3 Å². The number of rotatable bonds is 4. The highest BCUT2D eigenvalue weighted by atomic mass is 19.4. The van der Waals surface area contributed by atoms with Crippen LogP contribution in [0, 0.1) is 6.92 Å². The Bertz CT molecular complexity index is 1140. The highest BCUT2D eigenvalue weighted by molar-refractivity contribution is 5.72. The van der Waals surface area contributed by atoms with Crippen molar-refractivity contribution in [2.45, 2.75) is 19.6 Å². The van der Waals surface area contributed by atoms with E-state index in [1.807, 2.05) is 66.2 Å². The number of nitrogens with two attached hydrogens (primary N) is 1. The molecule has 0 spiro atoms. The van der Waals surface area contributed by atoms with Crippen LogP contribution < -0.4 is 5.73 Å². The number of hydrogen-bond donors (Lipinski definition) is 1. The molecule has 0 saturated heterocycles. The summed E-state index contributed by atoms with van der Waals surface area (Å²) in [6.07, 6.45) is 0.151. The fourth-order valence-electron chi connectivity index (χ4n) is 3.17. The Balaban J connectivity index is 1.77. The molecule has 8 heteroatoms. The second-order valence-corrected chi connectivity index (χ2v) is 6.80. The molecule has 29 heavy (non-hydrogen) atoms. The number of aryl methyl sites for hydroxylation is 1. The molecule has 0 aliphatic heterocycles. The summed E-state index contributed by atoms with van der Waals surface area (Å²) in [5.41, 5.74) is 10.8. The predicted octanol–water partition coefficient (Wildman–Crippen LogP) is 4.69. The minimum absolute atomic E-state index is 0.520. The maximum atomic E-state index is 12.9. The fourth-order valence-corrected chi connectivity index (χ4v) is 3.17. The van der Waals surface area contributed by atoms with Gasteiger partial charge in [-0.1, -0.05) is 42.5 Å². The third kappa shape index (κ3) is 3.87. The maximum absolute atomic E-state index is 12.9. The van der Waals surface area contributed by atoms with Crippen LogP contribution in [0.5, 0.6) is 0 Å². The Kier molecular flexibility index (Phi) is 4.62. The maximum Gasteiger partial charge on any atom is 0.453 e. The largest absolute Gasteiger partial charge is 0.453 e. The van der Waals surface area contributed by atoms with E-state index >= 15 is 0 Å². The third-order valence-corrected chi connectivity index (χ3v) is 4.64. The number of alkyl halides is 3. The Morgan fingerprint density at radius 2 is 1.79 bits per heavy atom. The van der Waals surface area contributed by atoms with E-state index in [4.69, 9.17) is 5.73 Å². The molecule has 0 aliphatic rings. The number of aromatic nitrogens is 4. The molecule has 2 heterocycles. The Labute approximate surface area is 165 Å². The molecule has 0 amide bonds. The van der Waals surface area contributed by atoms with Crippen molar-refractivity contribution in [2.24, 2.45) is 0 Å². The van der Waals surface area contributed by atoms with Crippen LogP contribution in [0.15, 0.2) is 67.3 Å². The minimum atomic E-state index is -4.60. The van der Waals surface area contributed by atoms with Gasteiger partial charge in [-0.25, -0.2) is 9.67 Å². The molecule has 0 radical (unpaired) electrons. The molecule has 4 aromatic rings. The summed E-state index contributed by atoms with van der Waals surface area (Å²) in [7, 11) is 0. The normalized spacial score (nSPS) is 11.7. The summed E-state index contributed by atoms with van der Waals surface area (Å²) in [6.45, 7) is 2.48. The van der Waals surface area contributed by atoms with Crippen LogP contribution in [0.4, 0.5) is 18.9 Å². The number of hydrogen-bond acceptors (Lipinski definition) is 3. The van der Waals surface area contributed by atoms with Gasteiger partial charge in [0.25, 0.3) is 5.82 Å². The van der Waals surface area contributed by atoms with Crippen LogP contribution in [0.25, 0.3) is 16.8 Å². The lowest BCUT2D eigenvalue weighted by Gasteiger charge is -2.06. The topological polar surface area (TPSA) is 61.7 Å². The monoisotopic (exact) mass is 397 g/mol. The van der Waals surface area contributed by atoms with Crippen LogP contribution in [-0.4, -0.2) is 19.3 Å². The van der Waals surface area contributed by atoms with E-state index < -0.39 is 12.0 Å². The van der Waals surface area contributed by atoms with Gasteiger partial charge in [0.1, 0.15) is 6.33 Å². The van der Waals surface area contributed by atoms with Gasteiger partial charge in [-0.3, -0.25) is 0 Å². The van der Waals surface area contributed by atoms with E-state index in [9.17, 15) is 13.2 Å². The fraction of sp³-hybridized carbons (Fsp3) is 0.143. The Morgan fingerprint density at radius 3 is 2.45 bits per heavy atom. The summed E-state index contributed by atoms with van der Waals surface area (Å²) in [6, 6.07) is 15.2. The van der Waals surface area contributed by atoms with Crippen molar-refractivity contribution in [3.8, 4) is 16.8 Å². The highest BCUT2D eigenvalue weighted by Crippen LogP contribution is 2.30. The number of halogens is 3. The van der Waals surface area contributed by atoms with Crippen molar-refractivity contribution in [3.05, 3.63) is 84.2 Å². The van der Waals surface area contributed by atoms with Crippen molar-refractivity contribution < 1.29 is 13.2 Å². The van der Waals surface area contributed by atoms with Gasteiger partial charge in [0.2, 0.25) is 0 Å². The molecule has 148 valence electrons. The summed E-state index contributed by atoms with van der Waals surface area (Å²) in [4.78, 5) is 3.42. The smallest absolute Gasteiger partial charge is 0.399 e. The van der Waals surface area contributed by atoms with Gasteiger partial charge in [-0.15, -0.1) is 5.10 Å². The third-order valence-electron chi connectivity index (χ3n) is 4.64. The molecule has 0 unspecified atom stereocenters. The first kappa shape index (κ1) is 18.8. The lowest BCUT2D eigenvalue weighted by Crippen LogP contribution is -2.08. The number of nitrogen functional groups attached to an aromatic ring is 1. The molecule has 0 atom stereocenters. The SMILES string of the molecule is Cc1cc(Cn2cc(-c3ccccc3)c(-n3cnc(C(F)(F)F)n3)c2)ccc1N. The standard InChI is InChI=1S/C21H18F3N5/c1-14-9-15(7-8-18(14)25)10-28-11-17(16-5-3-2-4-6-16)19(12-28)29-13-26-20(27-29)21(22,23)24/h2-9,11-13H,10,25H2,1H3. The van der Waals surface area contributed by atoms with Crippen molar-refractivity contribution in [3.63, 3.8) is 0 Å². The van der Waals surface area contributed by atoms with Gasteiger partial charge < -0.3 is 10.3 Å².